The van der Waals surface area contributed by atoms with Gasteiger partial charge < -0.3 is 10.2 Å². The number of hydrogen-bond donors (Lipinski definition) is 2. The number of carbonyl (C=O) groups excluding carboxylic acids is 1. The van der Waals surface area contributed by atoms with E-state index in [1.165, 1.54) is 6.26 Å². The van der Waals surface area contributed by atoms with Gasteiger partial charge >= 0.3 is 0 Å². The molecule has 20 heavy (non-hydrogen) atoms. The van der Waals surface area contributed by atoms with Gasteiger partial charge in [-0.1, -0.05) is 6.92 Å². The molecule has 0 spiro atoms. The molecule has 0 aliphatic carbocycles. The van der Waals surface area contributed by atoms with Gasteiger partial charge in [-0.15, -0.1) is 0 Å². The molecular formula is C13H25N3O3S. The summed E-state index contributed by atoms with van der Waals surface area (Å²) in [6.45, 7) is 4.13. The van der Waals surface area contributed by atoms with Crippen LogP contribution in [0.1, 0.15) is 39.0 Å². The Bertz CT molecular complexity index is 457. The molecule has 2 saturated heterocycles. The van der Waals surface area contributed by atoms with E-state index in [2.05, 4.69) is 10.0 Å². The second-order valence-corrected chi connectivity index (χ2v) is 7.73. The van der Waals surface area contributed by atoms with Crippen LogP contribution in [0.2, 0.25) is 0 Å². The van der Waals surface area contributed by atoms with Gasteiger partial charge in [0.05, 0.1) is 11.8 Å². The molecule has 2 atom stereocenters. The van der Waals surface area contributed by atoms with Crippen LogP contribution in [0.25, 0.3) is 0 Å². The van der Waals surface area contributed by atoms with Crippen LogP contribution >= 0.6 is 0 Å². The summed E-state index contributed by atoms with van der Waals surface area (Å²) >= 11 is 0. The molecule has 6 nitrogen and oxygen atoms in total. The lowest BCUT2D eigenvalue weighted by Crippen LogP contribution is -2.58. The Morgan fingerprint density at radius 3 is 2.75 bits per heavy atom. The summed E-state index contributed by atoms with van der Waals surface area (Å²) in [6.07, 6.45) is 5.50. The molecule has 0 aromatic rings. The van der Waals surface area contributed by atoms with Crippen molar-refractivity contribution in [3.8, 4) is 0 Å². The molecule has 2 heterocycles. The van der Waals surface area contributed by atoms with Gasteiger partial charge in [-0.25, -0.2) is 13.1 Å². The SMILES string of the molecule is CCC1(C(=O)N2CCCC(NS(C)(=O)=O)C2)CCCN1. The van der Waals surface area contributed by atoms with Crippen LogP contribution in [-0.2, 0) is 14.8 Å². The molecule has 1 amide bonds. The van der Waals surface area contributed by atoms with Crippen LogP contribution in [0.5, 0.6) is 0 Å². The summed E-state index contributed by atoms with van der Waals surface area (Å²) in [7, 11) is -3.22. The minimum atomic E-state index is -3.22. The fourth-order valence-electron chi connectivity index (χ4n) is 3.30. The van der Waals surface area contributed by atoms with Crippen molar-refractivity contribution in [3.63, 3.8) is 0 Å². The number of amides is 1. The first-order valence-electron chi connectivity index (χ1n) is 7.38. The highest BCUT2D eigenvalue weighted by Crippen LogP contribution is 2.27. The lowest BCUT2D eigenvalue weighted by molar-refractivity contribution is -0.139. The molecule has 0 bridgehead atoms. The Labute approximate surface area is 121 Å². The third-order valence-electron chi connectivity index (χ3n) is 4.35. The number of carbonyl (C=O) groups is 1. The fraction of sp³-hybridized carbons (Fsp3) is 0.923. The van der Waals surface area contributed by atoms with Gasteiger partial charge in [-0.05, 0) is 38.6 Å². The van der Waals surface area contributed by atoms with Crippen molar-refractivity contribution in [3.05, 3.63) is 0 Å². The van der Waals surface area contributed by atoms with E-state index in [1.807, 2.05) is 11.8 Å². The fourth-order valence-corrected chi connectivity index (χ4v) is 4.10. The minimum absolute atomic E-state index is 0.137. The molecule has 2 aliphatic rings. The largest absolute Gasteiger partial charge is 0.339 e. The number of nitrogens with one attached hydrogen (secondary N) is 2. The molecule has 116 valence electrons. The van der Waals surface area contributed by atoms with E-state index in [0.717, 1.165) is 45.2 Å². The number of likely N-dealkylation sites (tertiary alicyclic amines) is 1. The Kier molecular flexibility index (Phi) is 4.71. The van der Waals surface area contributed by atoms with Gasteiger partial charge in [-0.2, -0.15) is 0 Å². The van der Waals surface area contributed by atoms with E-state index in [0.29, 0.717) is 6.54 Å². The predicted molar refractivity (Wildman–Crippen MR) is 77.8 cm³/mol. The molecule has 2 unspecified atom stereocenters. The summed E-state index contributed by atoms with van der Waals surface area (Å²) in [5.41, 5.74) is -0.424. The van der Waals surface area contributed by atoms with Crippen molar-refractivity contribution in [1.82, 2.24) is 14.9 Å². The zero-order chi connectivity index (χ0) is 14.8. The van der Waals surface area contributed by atoms with Gasteiger partial charge in [0.2, 0.25) is 15.9 Å². The summed E-state index contributed by atoms with van der Waals surface area (Å²) in [6, 6.07) is -0.155. The topological polar surface area (TPSA) is 78.5 Å². The van der Waals surface area contributed by atoms with Crippen molar-refractivity contribution in [2.45, 2.75) is 50.6 Å². The van der Waals surface area contributed by atoms with E-state index in [-0.39, 0.29) is 11.9 Å². The van der Waals surface area contributed by atoms with E-state index < -0.39 is 15.6 Å². The normalized spacial score (nSPS) is 31.5. The zero-order valence-corrected chi connectivity index (χ0v) is 13.1. The van der Waals surface area contributed by atoms with Crippen molar-refractivity contribution < 1.29 is 13.2 Å². The number of nitrogens with zero attached hydrogens (tertiary/aromatic N) is 1. The van der Waals surface area contributed by atoms with Gasteiger partial charge in [0.1, 0.15) is 0 Å². The summed E-state index contributed by atoms with van der Waals surface area (Å²) < 4.78 is 25.3. The van der Waals surface area contributed by atoms with Crippen molar-refractivity contribution in [1.29, 1.82) is 0 Å². The van der Waals surface area contributed by atoms with Crippen LogP contribution in [0.3, 0.4) is 0 Å². The Balaban J connectivity index is 2.03. The maximum atomic E-state index is 12.8. The predicted octanol–water partition coefficient (Wildman–Crippen LogP) is 0.0588. The molecule has 0 aromatic heterocycles. The minimum Gasteiger partial charge on any atom is -0.339 e. The lowest BCUT2D eigenvalue weighted by Gasteiger charge is -2.38. The number of sulfonamides is 1. The third-order valence-corrected chi connectivity index (χ3v) is 5.11. The van der Waals surface area contributed by atoms with Crippen LogP contribution in [0.15, 0.2) is 0 Å². The third kappa shape index (κ3) is 3.51. The van der Waals surface area contributed by atoms with Crippen LogP contribution in [0, 0.1) is 0 Å². The second kappa shape index (κ2) is 5.99. The molecule has 0 aromatic carbocycles. The maximum Gasteiger partial charge on any atom is 0.242 e. The van der Waals surface area contributed by atoms with Crippen molar-refractivity contribution in [2.75, 3.05) is 25.9 Å². The average Bonchev–Trinajstić information content (AvgIpc) is 2.86. The number of hydrogen-bond acceptors (Lipinski definition) is 4. The van der Waals surface area contributed by atoms with Gasteiger partial charge in [-0.3, -0.25) is 4.79 Å². The smallest absolute Gasteiger partial charge is 0.242 e. The van der Waals surface area contributed by atoms with Crippen LogP contribution < -0.4 is 10.0 Å². The first-order chi connectivity index (χ1) is 9.36. The van der Waals surface area contributed by atoms with Gasteiger partial charge in [0.15, 0.2) is 0 Å². The molecule has 2 N–H and O–H groups in total. The lowest BCUT2D eigenvalue weighted by atomic mass is 9.91. The second-order valence-electron chi connectivity index (χ2n) is 5.95. The first-order valence-corrected chi connectivity index (χ1v) is 9.27. The standard InChI is InChI=1S/C13H25N3O3S/c1-3-13(7-5-8-14-13)12(17)16-9-4-6-11(10-16)15-20(2,18)19/h11,14-15H,3-10H2,1-2H3. The molecule has 0 radical (unpaired) electrons. The van der Waals surface area contributed by atoms with Crippen LogP contribution in [-0.4, -0.2) is 56.7 Å². The Hall–Kier alpha value is -0.660. The summed E-state index contributed by atoms with van der Waals surface area (Å²) in [5.74, 6) is 0.137. The van der Waals surface area contributed by atoms with E-state index in [1.54, 1.807) is 0 Å². The summed E-state index contributed by atoms with van der Waals surface area (Å²) in [4.78, 5) is 14.6. The Morgan fingerprint density at radius 2 is 2.20 bits per heavy atom. The maximum absolute atomic E-state index is 12.8. The molecule has 2 rings (SSSR count). The van der Waals surface area contributed by atoms with E-state index >= 15 is 0 Å². The molecule has 7 heteroatoms. The molecule has 2 aliphatic heterocycles. The first kappa shape index (κ1) is 15.7. The monoisotopic (exact) mass is 303 g/mol. The number of rotatable bonds is 4. The molecular weight excluding hydrogens is 278 g/mol. The van der Waals surface area contributed by atoms with Crippen molar-refractivity contribution in [2.24, 2.45) is 0 Å². The Morgan fingerprint density at radius 1 is 1.45 bits per heavy atom. The van der Waals surface area contributed by atoms with Crippen molar-refractivity contribution >= 4 is 15.9 Å². The summed E-state index contributed by atoms with van der Waals surface area (Å²) in [5, 5.41) is 3.35. The quantitative estimate of drug-likeness (QED) is 0.770. The number of piperidine rings is 1. The highest BCUT2D eigenvalue weighted by Gasteiger charge is 2.42. The highest BCUT2D eigenvalue weighted by atomic mass is 32.2. The van der Waals surface area contributed by atoms with Crippen LogP contribution in [0.4, 0.5) is 0 Å². The van der Waals surface area contributed by atoms with Gasteiger partial charge in [0, 0.05) is 19.1 Å². The highest BCUT2D eigenvalue weighted by molar-refractivity contribution is 7.88. The molecule has 0 saturated carbocycles. The van der Waals surface area contributed by atoms with E-state index in [9.17, 15) is 13.2 Å². The average molecular weight is 303 g/mol. The van der Waals surface area contributed by atoms with Gasteiger partial charge in [0.25, 0.3) is 0 Å². The zero-order valence-electron chi connectivity index (χ0n) is 12.3. The molecule has 2 fully saturated rings. The van der Waals surface area contributed by atoms with E-state index in [4.69, 9.17) is 0 Å².